The fourth-order valence-electron chi connectivity index (χ4n) is 10.1. The van der Waals surface area contributed by atoms with Gasteiger partial charge >= 0.3 is 12.2 Å². The number of hydrogen-bond donors (Lipinski definition) is 1. The molecule has 0 unspecified atom stereocenters. The van der Waals surface area contributed by atoms with Crippen molar-refractivity contribution in [1.82, 2.24) is 9.80 Å². The van der Waals surface area contributed by atoms with Crippen molar-refractivity contribution in [2.24, 2.45) is 0 Å². The molecule has 4 heterocycles. The number of rotatable bonds is 19. The maximum Gasteiger partial charge on any atom is 0.416 e. The highest BCUT2D eigenvalue weighted by Crippen LogP contribution is 2.50. The minimum Gasteiger partial charge on any atom is -0.508 e. The first-order chi connectivity index (χ1) is 41.1. The van der Waals surface area contributed by atoms with Crippen LogP contribution >= 0.6 is 69.6 Å². The maximum absolute atomic E-state index is 15.1. The van der Waals surface area contributed by atoms with Gasteiger partial charge in [-0.05, 0) is 127 Å². The Morgan fingerprint density at radius 3 is 1.26 bits per heavy atom. The zero-order valence-electron chi connectivity index (χ0n) is 51.6. The van der Waals surface area contributed by atoms with Crippen molar-refractivity contribution in [3.8, 4) is 34.5 Å². The third kappa shape index (κ3) is 15.4. The number of carbonyl (C=O) groups is 4. The second-order valence-electron chi connectivity index (χ2n) is 25.0. The number of phenolic OH excluding ortho intramolecular Hbond substituents is 1. The van der Waals surface area contributed by atoms with Gasteiger partial charge in [0.2, 0.25) is 7.59 Å². The Balaban J connectivity index is 1.07. The van der Waals surface area contributed by atoms with Gasteiger partial charge in [0.1, 0.15) is 24.7 Å². The second-order valence-corrected chi connectivity index (χ2v) is 39.5. The molecule has 0 aromatic heterocycles. The normalized spacial score (nSPS) is 18.9. The summed E-state index contributed by atoms with van der Waals surface area (Å²) in [6.45, 7) is 19.8. The van der Waals surface area contributed by atoms with E-state index < -0.39 is 86.0 Å². The number of phenols is 1. The maximum atomic E-state index is 15.1. The molecule has 4 atom stereocenters. The summed E-state index contributed by atoms with van der Waals surface area (Å²) < 4.78 is 51.9. The van der Waals surface area contributed by atoms with Crippen LogP contribution in [0, 0.1) is 0 Å². The molecule has 0 saturated carbocycles. The fourth-order valence-corrected chi connectivity index (χ4v) is 12.9. The monoisotopic (exact) mass is 1370 g/mol. The highest BCUT2D eigenvalue weighted by molar-refractivity contribution is 6.74. The van der Waals surface area contributed by atoms with Gasteiger partial charge in [0.15, 0.2) is 52.1 Å². The fraction of sp³-hybridized carbons (Fsp3) is 0.484. The van der Waals surface area contributed by atoms with E-state index in [1.165, 1.54) is 30.1 Å². The first kappa shape index (κ1) is 68.6. The molecule has 4 amide bonds. The lowest BCUT2D eigenvalue weighted by molar-refractivity contribution is 0.0584. The van der Waals surface area contributed by atoms with Gasteiger partial charge in [-0.15, -0.1) is 0 Å². The zero-order chi connectivity index (χ0) is 64.6. The van der Waals surface area contributed by atoms with Crippen molar-refractivity contribution >= 4 is 133 Å². The topological polar surface area (TPSA) is 185 Å². The Kier molecular flexibility index (Phi) is 21.0. The molecule has 4 aliphatic rings. The highest BCUT2D eigenvalue weighted by atomic mass is 35.6. The van der Waals surface area contributed by atoms with Gasteiger partial charge < -0.3 is 56.9 Å². The van der Waals surface area contributed by atoms with E-state index in [4.69, 9.17) is 112 Å². The number of amides is 4. The molecule has 18 nitrogen and oxygen atoms in total. The largest absolute Gasteiger partial charge is 0.508 e. The van der Waals surface area contributed by atoms with E-state index in [1.54, 1.807) is 71.8 Å². The number of nitrogens with zero attached hydrogens (tertiary/aromatic N) is 4. The number of halogens is 6. The Hall–Kier alpha value is -5.27. The summed E-state index contributed by atoms with van der Waals surface area (Å²) in [6, 6.07) is 18.9. The minimum atomic E-state index is -2.78. The summed E-state index contributed by atoms with van der Waals surface area (Å²) in [4.78, 5) is 65.4. The number of methoxy groups -OCH3 is 3. The molecule has 0 spiro atoms. The van der Waals surface area contributed by atoms with Crippen LogP contribution in [0.15, 0.2) is 85.2 Å². The SMILES string of the molecule is COc1ccc(C2=CN3C(=O)c4cc(OC)c(OCCCCCOc5cc6c(cc5OC)C(=O)N5C=C(c7ccc(O)cc7)C[C@H]5[C@H](O[Si](C)(C)C(C)(C)C)N6C(=O)OCC(Cl)(Cl)Cl)cc4N(C(=O)OCC(Cl)(Cl)Cl)[C@@H](O[Si](C)(C)C(C)(C)C)[C@@H]3C2)cc1. The van der Waals surface area contributed by atoms with Gasteiger partial charge in [0.25, 0.3) is 11.8 Å². The molecule has 4 aliphatic heterocycles. The Bertz CT molecular complexity index is 3310. The van der Waals surface area contributed by atoms with Crippen molar-refractivity contribution < 1.29 is 66.3 Å². The van der Waals surface area contributed by atoms with E-state index in [9.17, 15) is 14.7 Å². The first-order valence-corrected chi connectivity index (χ1v) is 36.8. The van der Waals surface area contributed by atoms with Crippen molar-refractivity contribution in [3.05, 3.63) is 107 Å². The Morgan fingerprint density at radius 1 is 0.545 bits per heavy atom. The summed E-state index contributed by atoms with van der Waals surface area (Å²) in [5.41, 5.74) is 3.70. The van der Waals surface area contributed by atoms with E-state index in [2.05, 4.69) is 54.6 Å². The van der Waals surface area contributed by atoms with E-state index in [0.717, 1.165) is 22.3 Å². The number of fused-ring (bicyclic) bond motifs is 4. The number of alkyl halides is 6. The molecule has 4 aromatic carbocycles. The molecular weight excluding hydrogens is 1290 g/mol. The predicted octanol–water partition coefficient (Wildman–Crippen LogP) is 15.9. The average Bonchev–Trinajstić information content (AvgIpc) is 3.20. The summed E-state index contributed by atoms with van der Waals surface area (Å²) >= 11 is 36.9. The standard InChI is InChI=1S/C62H76Cl6N4O14Si2/c1-59(2,3)87(10,11)85-55-47-27-39(37-17-21-41(73)22-18-37)33-69(47)53(74)43-29-49(79-8)51(31-45(43)71(55)57(76)83-35-61(63,64)65)81-25-15-14-16-26-82-52-32-46-44(30-50(52)80-9)54(75)70-34-40(38-19-23-42(78-7)24-20-38)28-48(70)56(86-88(12,13)60(4,5)6)72(46)58(77)84-36-62(66,67)68/h17-24,29-34,47-48,55-56,73H,14-16,25-28,35-36H2,1-13H3/t47-,48-,55-,56-/m0/s1. The van der Waals surface area contributed by atoms with Crippen molar-refractivity contribution in [2.45, 2.75) is 142 Å². The van der Waals surface area contributed by atoms with Crippen molar-refractivity contribution in [1.29, 1.82) is 0 Å². The highest BCUT2D eigenvalue weighted by Gasteiger charge is 2.53. The lowest BCUT2D eigenvalue weighted by Crippen LogP contribution is -2.58. The molecular formula is C62H76Cl6N4O14Si2. The van der Waals surface area contributed by atoms with Gasteiger partial charge in [-0.25, -0.2) is 19.4 Å². The van der Waals surface area contributed by atoms with E-state index in [-0.39, 0.29) is 81.0 Å². The summed E-state index contributed by atoms with van der Waals surface area (Å²) in [7, 11) is -1.06. The minimum absolute atomic E-state index is 0.0834. The molecule has 1 N–H and O–H groups in total. The quantitative estimate of drug-likeness (QED) is 0.0531. The van der Waals surface area contributed by atoms with E-state index in [0.29, 0.717) is 31.4 Å². The van der Waals surface area contributed by atoms with Gasteiger partial charge in [-0.1, -0.05) is 135 Å². The molecule has 0 radical (unpaired) electrons. The van der Waals surface area contributed by atoms with Crippen LogP contribution in [-0.2, 0) is 18.3 Å². The molecule has 88 heavy (non-hydrogen) atoms. The van der Waals surface area contributed by atoms with Crippen LogP contribution in [0.4, 0.5) is 21.0 Å². The lowest BCUT2D eigenvalue weighted by Gasteiger charge is -2.44. The summed E-state index contributed by atoms with van der Waals surface area (Å²) in [5, 5.41) is 9.42. The first-order valence-electron chi connectivity index (χ1n) is 28.7. The third-order valence-electron chi connectivity index (χ3n) is 16.9. The number of carbonyl (C=O) groups excluding carboxylic acids is 4. The Labute approximate surface area is 546 Å². The van der Waals surface area contributed by atoms with E-state index >= 15 is 9.59 Å². The van der Waals surface area contributed by atoms with Crippen LogP contribution in [0.3, 0.4) is 0 Å². The summed E-state index contributed by atoms with van der Waals surface area (Å²) in [6.07, 6.45) is 1.65. The average molecular weight is 1370 g/mol. The molecule has 4 aromatic rings. The van der Waals surface area contributed by atoms with Gasteiger partial charge in [0, 0.05) is 24.5 Å². The number of aromatic hydroxyl groups is 1. The number of hydrogen-bond acceptors (Lipinski definition) is 14. The lowest BCUT2D eigenvalue weighted by atomic mass is 10.0. The van der Waals surface area contributed by atoms with Gasteiger partial charge in [-0.2, -0.15) is 0 Å². The van der Waals surface area contributed by atoms with Crippen LogP contribution in [0.2, 0.25) is 36.3 Å². The van der Waals surface area contributed by atoms with Crippen molar-refractivity contribution in [2.75, 3.05) is 57.6 Å². The number of unbranched alkanes of at least 4 members (excludes halogenated alkanes) is 2. The van der Waals surface area contributed by atoms with Crippen LogP contribution in [0.5, 0.6) is 34.5 Å². The molecule has 0 saturated heterocycles. The van der Waals surface area contributed by atoms with Crippen LogP contribution in [-0.4, -0.2) is 135 Å². The molecule has 0 fully saturated rings. The van der Waals surface area contributed by atoms with Gasteiger partial charge in [0.05, 0.1) is 69.1 Å². The molecule has 26 heteroatoms. The number of anilines is 2. The molecule has 0 aliphatic carbocycles. The molecule has 8 rings (SSSR count). The number of benzene rings is 4. The van der Waals surface area contributed by atoms with E-state index in [1.807, 2.05) is 37.4 Å². The second kappa shape index (κ2) is 26.9. The third-order valence-corrected chi connectivity index (χ3v) is 26.4. The zero-order valence-corrected chi connectivity index (χ0v) is 58.1. The summed E-state index contributed by atoms with van der Waals surface area (Å²) in [5.74, 6) is 0.797. The van der Waals surface area contributed by atoms with Gasteiger partial charge in [-0.3, -0.25) is 9.59 Å². The Morgan fingerprint density at radius 2 is 0.920 bits per heavy atom. The van der Waals surface area contributed by atoms with Crippen LogP contribution < -0.4 is 33.5 Å². The molecule has 0 bridgehead atoms. The smallest absolute Gasteiger partial charge is 0.416 e. The number of ether oxygens (including phenoxy) is 7. The predicted molar refractivity (Wildman–Crippen MR) is 349 cm³/mol. The van der Waals surface area contributed by atoms with Crippen molar-refractivity contribution in [3.63, 3.8) is 0 Å². The van der Waals surface area contributed by atoms with Crippen LogP contribution in [0.25, 0.3) is 11.1 Å². The van der Waals surface area contributed by atoms with Crippen LogP contribution in [0.1, 0.15) is 105 Å². The molecule has 478 valence electrons.